The Balaban J connectivity index is -0.0000000200. The van der Waals surface area contributed by atoms with E-state index in [4.69, 9.17) is 5.11 Å². The van der Waals surface area contributed by atoms with E-state index < -0.39 is 0 Å². The molecule has 0 rings (SSSR count). The Morgan fingerprint density at radius 1 is 1.60 bits per heavy atom. The number of aliphatic hydroxyl groups is 1. The third kappa shape index (κ3) is 117. The Labute approximate surface area is 42.9 Å². The minimum Gasteiger partial charge on any atom is -1.00 e. The van der Waals surface area contributed by atoms with Crippen molar-refractivity contribution >= 4 is 0 Å². The van der Waals surface area contributed by atoms with E-state index >= 15 is 0 Å². The van der Waals surface area contributed by atoms with Gasteiger partial charge in [-0.3, -0.25) is 0 Å². The van der Waals surface area contributed by atoms with Crippen LogP contribution in [0.1, 0.15) is 6.92 Å². The van der Waals surface area contributed by atoms with Crippen LogP contribution in [0.25, 0.3) is 0 Å². The van der Waals surface area contributed by atoms with Gasteiger partial charge in [0.1, 0.15) is 0 Å². The molecular formula is C2H6FLiO. The molecule has 5 heavy (non-hydrogen) atoms. The summed E-state index contributed by atoms with van der Waals surface area (Å²) in [6.45, 7) is 1.93. The van der Waals surface area contributed by atoms with Crippen LogP contribution < -0.4 is 23.6 Å². The summed E-state index contributed by atoms with van der Waals surface area (Å²) in [5, 5.41) is 7.57. The summed E-state index contributed by atoms with van der Waals surface area (Å²) in [5.74, 6) is 0. The van der Waals surface area contributed by atoms with Crippen LogP contribution in [0.2, 0.25) is 0 Å². The predicted molar refractivity (Wildman–Crippen MR) is 12.8 cm³/mol. The van der Waals surface area contributed by atoms with E-state index in [1.807, 2.05) is 0 Å². The monoisotopic (exact) mass is 72.1 g/mol. The molecule has 0 aliphatic rings. The standard InChI is InChI=1S/C2H6O.FH.Li/c1-2-3;;/h3H,2H2,1H3;1H;/q;;+1/p-1. The average molecular weight is 72.0 g/mol. The normalized spacial score (nSPS) is 3.60. The smallest absolute Gasteiger partial charge is 1.00 e. The maximum Gasteiger partial charge on any atom is 1.00 e. The molecule has 0 atom stereocenters. The molecule has 0 bridgehead atoms. The quantitative estimate of drug-likeness (QED) is 0.282. The number of aliphatic hydroxyl groups excluding tert-OH is 1. The van der Waals surface area contributed by atoms with Crippen molar-refractivity contribution in [3.63, 3.8) is 0 Å². The molecule has 0 fully saturated rings. The molecule has 0 aromatic carbocycles. The Bertz CT molecular complexity index is 9.61. The van der Waals surface area contributed by atoms with Gasteiger partial charge in [-0.1, -0.05) is 0 Å². The molecule has 1 N–H and O–H groups in total. The van der Waals surface area contributed by atoms with E-state index in [1.54, 1.807) is 6.92 Å². The van der Waals surface area contributed by atoms with E-state index in [1.165, 1.54) is 0 Å². The van der Waals surface area contributed by atoms with Crippen molar-refractivity contribution in [2.75, 3.05) is 6.61 Å². The first-order valence-corrected chi connectivity index (χ1v) is 1.02. The third-order valence-corrected chi connectivity index (χ3v) is 0. The predicted octanol–water partition coefficient (Wildman–Crippen LogP) is -5.99. The number of hydrogen-bond donors (Lipinski definition) is 1. The average Bonchev–Trinajstić information content (AvgIpc) is 0.918. The second-order valence-electron chi connectivity index (χ2n) is 0.316. The first-order chi connectivity index (χ1) is 1.41. The van der Waals surface area contributed by atoms with E-state index in [2.05, 4.69) is 0 Å². The summed E-state index contributed by atoms with van der Waals surface area (Å²) in [6.07, 6.45) is 0. The molecule has 0 aliphatic heterocycles. The zero-order valence-corrected chi connectivity index (χ0v) is 3.53. The molecule has 28 valence electrons. The fourth-order valence-corrected chi connectivity index (χ4v) is 0. The van der Waals surface area contributed by atoms with Crippen molar-refractivity contribution in [3.8, 4) is 0 Å². The van der Waals surface area contributed by atoms with E-state index in [9.17, 15) is 0 Å². The van der Waals surface area contributed by atoms with Gasteiger partial charge in [0.25, 0.3) is 0 Å². The van der Waals surface area contributed by atoms with Crippen molar-refractivity contribution in [2.45, 2.75) is 6.92 Å². The van der Waals surface area contributed by atoms with Gasteiger partial charge in [0.15, 0.2) is 0 Å². The molecule has 0 amide bonds. The van der Waals surface area contributed by atoms with Gasteiger partial charge in [0, 0.05) is 6.61 Å². The van der Waals surface area contributed by atoms with Crippen LogP contribution in [0.4, 0.5) is 0 Å². The number of hydrogen-bond acceptors (Lipinski definition) is 1. The van der Waals surface area contributed by atoms with Gasteiger partial charge < -0.3 is 9.81 Å². The molecule has 0 spiro atoms. The SMILES string of the molecule is CCO.[F-].[Li+]. The van der Waals surface area contributed by atoms with Gasteiger partial charge in [0.05, 0.1) is 0 Å². The molecule has 0 aromatic heterocycles. The van der Waals surface area contributed by atoms with Crippen LogP contribution in [0.15, 0.2) is 0 Å². The first kappa shape index (κ1) is 17.9. The van der Waals surface area contributed by atoms with Crippen molar-refractivity contribution in [1.29, 1.82) is 0 Å². The van der Waals surface area contributed by atoms with Crippen molar-refractivity contribution < 1.29 is 28.7 Å². The minimum atomic E-state index is 0. The van der Waals surface area contributed by atoms with Crippen LogP contribution in [0.5, 0.6) is 0 Å². The second-order valence-corrected chi connectivity index (χ2v) is 0.316. The van der Waals surface area contributed by atoms with Gasteiger partial charge in [-0.25, -0.2) is 0 Å². The fourth-order valence-electron chi connectivity index (χ4n) is 0. The van der Waals surface area contributed by atoms with E-state index in [0.29, 0.717) is 0 Å². The number of rotatable bonds is 0. The summed E-state index contributed by atoms with van der Waals surface area (Å²) >= 11 is 0. The largest absolute Gasteiger partial charge is 1.00 e. The first-order valence-electron chi connectivity index (χ1n) is 1.02. The van der Waals surface area contributed by atoms with E-state index in [-0.39, 0.29) is 30.2 Å². The summed E-state index contributed by atoms with van der Waals surface area (Å²) in [5.41, 5.74) is 0. The molecule has 0 radical (unpaired) electrons. The third-order valence-electron chi connectivity index (χ3n) is 0. The summed E-state index contributed by atoms with van der Waals surface area (Å²) in [4.78, 5) is 0. The van der Waals surface area contributed by atoms with Crippen LogP contribution in [-0.4, -0.2) is 11.7 Å². The van der Waals surface area contributed by atoms with Gasteiger partial charge in [-0.05, 0) is 6.92 Å². The molecule has 0 saturated heterocycles. The van der Waals surface area contributed by atoms with Crippen LogP contribution in [0, 0.1) is 0 Å². The second kappa shape index (κ2) is 24.7. The molecule has 1 nitrogen and oxygen atoms in total. The van der Waals surface area contributed by atoms with Gasteiger partial charge in [-0.2, -0.15) is 0 Å². The molecule has 0 unspecified atom stereocenters. The van der Waals surface area contributed by atoms with Crippen molar-refractivity contribution in [1.82, 2.24) is 0 Å². The summed E-state index contributed by atoms with van der Waals surface area (Å²) in [7, 11) is 0. The Morgan fingerprint density at radius 2 is 1.60 bits per heavy atom. The van der Waals surface area contributed by atoms with Crippen molar-refractivity contribution in [2.24, 2.45) is 0 Å². The van der Waals surface area contributed by atoms with Crippen LogP contribution in [0.3, 0.4) is 0 Å². The fraction of sp³-hybridized carbons (Fsp3) is 1.00. The molecule has 3 heteroatoms. The minimum absolute atomic E-state index is 0. The van der Waals surface area contributed by atoms with Crippen molar-refractivity contribution in [3.05, 3.63) is 0 Å². The van der Waals surface area contributed by atoms with Gasteiger partial charge in [0.2, 0.25) is 0 Å². The maximum atomic E-state index is 7.57. The Kier molecular flexibility index (Phi) is 88.1. The summed E-state index contributed by atoms with van der Waals surface area (Å²) in [6, 6.07) is 0. The Hall–Kier alpha value is 0.487. The Morgan fingerprint density at radius 3 is 1.60 bits per heavy atom. The molecule has 0 heterocycles. The molecule has 0 saturated carbocycles. The zero-order chi connectivity index (χ0) is 2.71. The van der Waals surface area contributed by atoms with Gasteiger partial charge in [-0.15, -0.1) is 0 Å². The molecule has 0 aliphatic carbocycles. The molecular weight excluding hydrogens is 66.0 g/mol. The maximum absolute atomic E-state index is 7.57. The molecule has 0 aromatic rings. The number of halogens is 1. The summed E-state index contributed by atoms with van der Waals surface area (Å²) < 4.78 is 0. The van der Waals surface area contributed by atoms with E-state index in [0.717, 1.165) is 0 Å². The topological polar surface area (TPSA) is 20.2 Å². The van der Waals surface area contributed by atoms with Gasteiger partial charge >= 0.3 is 18.9 Å². The van der Waals surface area contributed by atoms with Crippen LogP contribution in [-0.2, 0) is 0 Å². The van der Waals surface area contributed by atoms with Crippen LogP contribution >= 0.6 is 0 Å². The zero-order valence-electron chi connectivity index (χ0n) is 3.53.